The highest BCUT2D eigenvalue weighted by atomic mass is 79.9. The van der Waals surface area contributed by atoms with Crippen LogP contribution in [-0.2, 0) is 4.79 Å². The lowest BCUT2D eigenvalue weighted by Gasteiger charge is -2.13. The summed E-state index contributed by atoms with van der Waals surface area (Å²) in [5, 5.41) is 27.3. The predicted molar refractivity (Wildman–Crippen MR) is 54.9 cm³/mol. The van der Waals surface area contributed by atoms with E-state index in [1.165, 1.54) is 7.11 Å². The molecule has 0 heterocycles. The van der Waals surface area contributed by atoms with Gasteiger partial charge in [0.05, 0.1) is 17.1 Å². The Morgan fingerprint density at radius 3 is 2.62 bits per heavy atom. The third-order valence-electron chi connectivity index (χ3n) is 1.91. The maximum atomic E-state index is 13.4. The van der Waals surface area contributed by atoms with Crippen molar-refractivity contribution in [1.82, 2.24) is 0 Å². The van der Waals surface area contributed by atoms with Gasteiger partial charge in [-0.1, -0.05) is 0 Å². The van der Waals surface area contributed by atoms with E-state index in [1.54, 1.807) is 0 Å². The number of benzene rings is 1. The van der Waals surface area contributed by atoms with Gasteiger partial charge in [-0.25, -0.2) is 9.18 Å². The van der Waals surface area contributed by atoms with Gasteiger partial charge in [0.2, 0.25) is 0 Å². The number of methoxy groups -OCH3 is 1. The summed E-state index contributed by atoms with van der Waals surface area (Å²) in [5.41, 5.74) is -0.729. The molecule has 0 saturated heterocycles. The largest absolute Gasteiger partial charge is 0.504 e. The number of aromatic hydroxyl groups is 1. The van der Waals surface area contributed by atoms with Gasteiger partial charge in [-0.3, -0.25) is 0 Å². The van der Waals surface area contributed by atoms with Crippen LogP contribution >= 0.6 is 15.9 Å². The molecule has 0 fully saturated rings. The summed E-state index contributed by atoms with van der Waals surface area (Å²) in [6.07, 6.45) is -2.15. The topological polar surface area (TPSA) is 87.0 Å². The lowest BCUT2D eigenvalue weighted by atomic mass is 10.1. The maximum absolute atomic E-state index is 13.4. The van der Waals surface area contributed by atoms with Crippen LogP contribution in [0.25, 0.3) is 0 Å². The number of phenols is 1. The molecule has 5 nitrogen and oxygen atoms in total. The first-order valence-electron chi connectivity index (χ1n) is 4.05. The zero-order valence-corrected chi connectivity index (χ0v) is 9.65. The lowest BCUT2D eigenvalue weighted by molar-refractivity contribution is -0.147. The minimum Gasteiger partial charge on any atom is -0.504 e. The third-order valence-corrected chi connectivity index (χ3v) is 2.50. The van der Waals surface area contributed by atoms with Gasteiger partial charge in [0.15, 0.2) is 17.6 Å². The summed E-state index contributed by atoms with van der Waals surface area (Å²) >= 11 is 2.92. The van der Waals surface area contributed by atoms with Crippen LogP contribution in [0.2, 0.25) is 0 Å². The molecule has 1 atom stereocenters. The number of halogens is 2. The zero-order valence-electron chi connectivity index (χ0n) is 8.07. The van der Waals surface area contributed by atoms with Crippen LogP contribution in [0.4, 0.5) is 4.39 Å². The van der Waals surface area contributed by atoms with E-state index in [-0.39, 0.29) is 10.2 Å². The SMILES string of the molecule is COc1c(Br)cc(F)c(C(O)C(=O)O)c1O. The number of carbonyl (C=O) groups is 1. The van der Waals surface area contributed by atoms with Crippen molar-refractivity contribution in [2.45, 2.75) is 6.10 Å². The Labute approximate surface area is 98.2 Å². The van der Waals surface area contributed by atoms with Gasteiger partial charge in [-0.15, -0.1) is 0 Å². The van der Waals surface area contributed by atoms with Crippen molar-refractivity contribution in [1.29, 1.82) is 0 Å². The average molecular weight is 295 g/mol. The van der Waals surface area contributed by atoms with Crippen molar-refractivity contribution in [3.8, 4) is 11.5 Å². The van der Waals surface area contributed by atoms with Crippen LogP contribution in [0, 0.1) is 5.82 Å². The number of carboxylic acid groups (broad SMARTS) is 1. The molecule has 0 aromatic heterocycles. The second kappa shape index (κ2) is 4.67. The number of aliphatic hydroxyl groups excluding tert-OH is 1. The van der Waals surface area contributed by atoms with Crippen molar-refractivity contribution >= 4 is 21.9 Å². The minimum atomic E-state index is -2.15. The highest BCUT2D eigenvalue weighted by molar-refractivity contribution is 9.10. The van der Waals surface area contributed by atoms with Gasteiger partial charge in [0.1, 0.15) is 5.82 Å². The number of ether oxygens (including phenoxy) is 1. The van der Waals surface area contributed by atoms with Crippen LogP contribution < -0.4 is 4.74 Å². The number of aliphatic hydroxyl groups is 1. The molecular formula is C9H8BrFO5. The van der Waals surface area contributed by atoms with E-state index in [2.05, 4.69) is 15.9 Å². The number of hydrogen-bond acceptors (Lipinski definition) is 4. The molecule has 0 aliphatic heterocycles. The maximum Gasteiger partial charge on any atom is 0.337 e. The van der Waals surface area contributed by atoms with E-state index < -0.39 is 29.2 Å². The van der Waals surface area contributed by atoms with Crippen molar-refractivity contribution in [2.24, 2.45) is 0 Å². The Balaban J connectivity index is 3.45. The Bertz CT molecular complexity index is 434. The number of rotatable bonds is 3. The van der Waals surface area contributed by atoms with Gasteiger partial charge in [0, 0.05) is 0 Å². The normalized spacial score (nSPS) is 12.2. The minimum absolute atomic E-state index is 0.117. The molecule has 0 saturated carbocycles. The molecule has 0 spiro atoms. The highest BCUT2D eigenvalue weighted by Gasteiger charge is 2.27. The second-order valence-electron chi connectivity index (χ2n) is 2.88. The smallest absolute Gasteiger partial charge is 0.337 e. The molecule has 1 unspecified atom stereocenters. The van der Waals surface area contributed by atoms with Crippen LogP contribution in [0.5, 0.6) is 11.5 Å². The van der Waals surface area contributed by atoms with E-state index in [0.717, 1.165) is 6.07 Å². The summed E-state index contributed by atoms with van der Waals surface area (Å²) in [6, 6.07) is 0.903. The van der Waals surface area contributed by atoms with E-state index in [1.807, 2.05) is 0 Å². The first-order chi connectivity index (χ1) is 7.40. The molecule has 7 heteroatoms. The Kier molecular flexibility index (Phi) is 3.71. The summed E-state index contributed by atoms with van der Waals surface area (Å²) < 4.78 is 18.2. The Morgan fingerprint density at radius 1 is 1.62 bits per heavy atom. The molecule has 0 aliphatic carbocycles. The van der Waals surface area contributed by atoms with E-state index in [9.17, 15) is 19.4 Å². The molecule has 16 heavy (non-hydrogen) atoms. The zero-order chi connectivity index (χ0) is 12.5. The first-order valence-corrected chi connectivity index (χ1v) is 4.85. The first kappa shape index (κ1) is 12.7. The van der Waals surface area contributed by atoms with Gasteiger partial charge in [-0.2, -0.15) is 0 Å². The predicted octanol–water partition coefficient (Wildman–Crippen LogP) is 1.42. The molecule has 0 aliphatic rings. The van der Waals surface area contributed by atoms with Gasteiger partial charge >= 0.3 is 5.97 Å². The fourth-order valence-corrected chi connectivity index (χ4v) is 1.73. The lowest BCUT2D eigenvalue weighted by Crippen LogP contribution is -2.13. The highest BCUT2D eigenvalue weighted by Crippen LogP contribution is 2.41. The molecule has 3 N–H and O–H groups in total. The standard InChI is InChI=1S/C9H8BrFO5/c1-16-8-3(10)2-4(11)5(6(8)12)7(13)9(14)15/h2,7,12-13H,1H3,(H,14,15). The molecule has 0 bridgehead atoms. The van der Waals surface area contributed by atoms with E-state index in [4.69, 9.17) is 9.84 Å². The number of phenolic OH excluding ortho intramolecular Hbond substituents is 1. The van der Waals surface area contributed by atoms with Crippen LogP contribution in [0.15, 0.2) is 10.5 Å². The summed E-state index contributed by atoms with van der Waals surface area (Å²) in [7, 11) is 1.22. The molecule has 0 radical (unpaired) electrons. The quantitative estimate of drug-likeness (QED) is 0.785. The summed E-state index contributed by atoms with van der Waals surface area (Å²) in [5.74, 6) is -3.60. The molecule has 1 aromatic rings. The average Bonchev–Trinajstić information content (AvgIpc) is 2.17. The van der Waals surface area contributed by atoms with Gasteiger partial charge in [-0.05, 0) is 22.0 Å². The molecule has 88 valence electrons. The Hall–Kier alpha value is -1.34. The number of carboxylic acids is 1. The fourth-order valence-electron chi connectivity index (χ4n) is 1.18. The third kappa shape index (κ3) is 2.10. The van der Waals surface area contributed by atoms with Crippen molar-refractivity contribution in [3.05, 3.63) is 21.9 Å². The molecule has 1 rings (SSSR count). The van der Waals surface area contributed by atoms with Gasteiger partial charge < -0.3 is 20.1 Å². The Morgan fingerprint density at radius 2 is 2.19 bits per heavy atom. The molecular weight excluding hydrogens is 287 g/mol. The van der Waals surface area contributed by atoms with Crippen LogP contribution in [0.3, 0.4) is 0 Å². The number of hydrogen-bond donors (Lipinski definition) is 3. The second-order valence-corrected chi connectivity index (χ2v) is 3.73. The van der Waals surface area contributed by atoms with Gasteiger partial charge in [0.25, 0.3) is 0 Å². The fraction of sp³-hybridized carbons (Fsp3) is 0.222. The van der Waals surface area contributed by atoms with E-state index >= 15 is 0 Å². The monoisotopic (exact) mass is 294 g/mol. The van der Waals surface area contributed by atoms with Crippen molar-refractivity contribution in [3.63, 3.8) is 0 Å². The van der Waals surface area contributed by atoms with E-state index in [0.29, 0.717) is 0 Å². The summed E-state index contributed by atoms with van der Waals surface area (Å²) in [4.78, 5) is 10.5. The number of aliphatic carboxylic acids is 1. The van der Waals surface area contributed by atoms with Crippen LogP contribution in [0.1, 0.15) is 11.7 Å². The summed E-state index contributed by atoms with van der Waals surface area (Å²) in [6.45, 7) is 0. The molecule has 0 amide bonds. The molecule has 1 aromatic carbocycles. The van der Waals surface area contributed by atoms with Crippen molar-refractivity contribution < 1.29 is 29.2 Å². The van der Waals surface area contributed by atoms with Crippen molar-refractivity contribution in [2.75, 3.05) is 7.11 Å². The van der Waals surface area contributed by atoms with Crippen LogP contribution in [-0.4, -0.2) is 28.4 Å².